The highest BCUT2D eigenvalue weighted by Crippen LogP contribution is 2.34. The highest BCUT2D eigenvalue weighted by molar-refractivity contribution is 6.31. The molecule has 5 aromatic rings. The Balaban J connectivity index is 1.21. The highest BCUT2D eigenvalue weighted by atomic mass is 35.5. The summed E-state index contributed by atoms with van der Waals surface area (Å²) in [5.41, 5.74) is 4.64. The number of H-pyrrole nitrogens is 1. The quantitative estimate of drug-likeness (QED) is 0.276. The molecule has 42 heavy (non-hydrogen) atoms. The van der Waals surface area contributed by atoms with Crippen LogP contribution in [-0.2, 0) is 11.2 Å². The normalized spacial score (nSPS) is 14.9. The molecule has 1 aliphatic rings. The van der Waals surface area contributed by atoms with Gasteiger partial charge in [0, 0.05) is 29.5 Å². The maximum absolute atomic E-state index is 13.5. The molecule has 6 rings (SSSR count). The lowest BCUT2D eigenvalue weighted by Crippen LogP contribution is -2.37. The van der Waals surface area contributed by atoms with Crippen LogP contribution in [0.1, 0.15) is 30.9 Å². The molecule has 0 aliphatic carbocycles. The summed E-state index contributed by atoms with van der Waals surface area (Å²) in [4.78, 5) is 33.5. The molecule has 0 saturated heterocycles. The number of nitrogens with zero attached hydrogens (tertiary/aromatic N) is 6. The summed E-state index contributed by atoms with van der Waals surface area (Å²) < 4.78 is 13.7. The molecule has 3 aromatic heterocycles. The van der Waals surface area contributed by atoms with Crippen molar-refractivity contribution in [1.82, 2.24) is 40.1 Å². The van der Waals surface area contributed by atoms with Gasteiger partial charge in [-0.25, -0.2) is 9.78 Å². The second-order valence-electron chi connectivity index (χ2n) is 10.0. The highest BCUT2D eigenvalue weighted by Gasteiger charge is 2.28. The molecule has 1 aliphatic heterocycles. The maximum Gasteiger partial charge on any atom is 0.412 e. The minimum absolute atomic E-state index is 0.134. The van der Waals surface area contributed by atoms with Gasteiger partial charge in [-0.15, -0.1) is 5.10 Å². The predicted octanol–water partition coefficient (Wildman–Crippen LogP) is 4.19. The summed E-state index contributed by atoms with van der Waals surface area (Å²) in [7, 11) is 1.57. The molecule has 0 radical (unpaired) electrons. The maximum atomic E-state index is 13.5. The minimum Gasteiger partial charge on any atom is -0.410 e. The largest absolute Gasteiger partial charge is 0.412 e. The van der Waals surface area contributed by atoms with E-state index >= 15 is 0 Å². The Morgan fingerprint density at radius 3 is 2.76 bits per heavy atom. The molecule has 2 atom stereocenters. The van der Waals surface area contributed by atoms with E-state index in [-0.39, 0.29) is 17.6 Å². The van der Waals surface area contributed by atoms with Gasteiger partial charge in [-0.3, -0.25) is 4.79 Å². The van der Waals surface area contributed by atoms with E-state index < -0.39 is 6.09 Å². The number of halogens is 1. The van der Waals surface area contributed by atoms with Crippen molar-refractivity contribution in [1.29, 1.82) is 0 Å². The van der Waals surface area contributed by atoms with Gasteiger partial charge in [-0.2, -0.15) is 4.68 Å². The number of aromatic amines is 1. The number of amides is 1. The van der Waals surface area contributed by atoms with Crippen LogP contribution in [-0.4, -0.2) is 60.6 Å². The van der Waals surface area contributed by atoms with Crippen LogP contribution in [0.3, 0.4) is 0 Å². The number of aromatic nitrogens is 7. The molecule has 13 heteroatoms. The fraction of sp³-hybridized carbons (Fsp3) is 0.241. The monoisotopic (exact) mass is 586 g/mol. The average Bonchev–Trinajstić information content (AvgIpc) is 3.74. The Kier molecular flexibility index (Phi) is 7.55. The summed E-state index contributed by atoms with van der Waals surface area (Å²) in [5, 5.41) is 14.7. The van der Waals surface area contributed by atoms with Gasteiger partial charge in [0.2, 0.25) is 0 Å². The van der Waals surface area contributed by atoms with Crippen LogP contribution in [0, 0.1) is 0 Å². The Labute approximate surface area is 245 Å². The number of fused-ring (bicyclic) bond motifs is 1. The molecule has 1 amide bonds. The fourth-order valence-electron chi connectivity index (χ4n) is 5.20. The molecule has 0 bridgehead atoms. The Hall–Kier alpha value is -4.81. The Morgan fingerprint density at radius 1 is 1.17 bits per heavy atom. The number of pyridine rings is 1. The number of methoxy groups -OCH3 is 1. The van der Waals surface area contributed by atoms with E-state index in [2.05, 4.69) is 30.8 Å². The van der Waals surface area contributed by atoms with Gasteiger partial charge in [0.25, 0.3) is 5.56 Å². The van der Waals surface area contributed by atoms with Crippen molar-refractivity contribution in [3.63, 3.8) is 0 Å². The molecule has 0 fully saturated rings. The van der Waals surface area contributed by atoms with Crippen LogP contribution in [0.25, 0.3) is 28.1 Å². The summed E-state index contributed by atoms with van der Waals surface area (Å²) in [6.07, 6.45) is 4.13. The van der Waals surface area contributed by atoms with Crippen molar-refractivity contribution < 1.29 is 14.3 Å². The summed E-state index contributed by atoms with van der Waals surface area (Å²) in [5.74, 6) is 1.11. The second-order valence-corrected chi connectivity index (χ2v) is 10.4. The van der Waals surface area contributed by atoms with Gasteiger partial charge < -0.3 is 24.3 Å². The summed E-state index contributed by atoms with van der Waals surface area (Å²) >= 11 is 6.31. The first-order valence-electron chi connectivity index (χ1n) is 13.3. The molecule has 0 spiro atoms. The fourth-order valence-corrected chi connectivity index (χ4v) is 5.38. The number of aryl methyl sites for hydroxylation is 1. The van der Waals surface area contributed by atoms with Crippen molar-refractivity contribution in [2.24, 2.45) is 0 Å². The molecule has 4 heterocycles. The lowest BCUT2D eigenvalue weighted by atomic mass is 10.0. The zero-order valence-corrected chi connectivity index (χ0v) is 23.6. The number of carbonyl (C=O) groups is 1. The number of ether oxygens (including phenoxy) is 2. The molecule has 2 N–H and O–H groups in total. The second kappa shape index (κ2) is 11.6. The molecular weight excluding hydrogens is 560 g/mol. The van der Waals surface area contributed by atoms with Crippen LogP contribution in [0.5, 0.6) is 5.75 Å². The molecule has 214 valence electrons. The van der Waals surface area contributed by atoms with Gasteiger partial charge in [0.05, 0.1) is 36.3 Å². The van der Waals surface area contributed by atoms with Crippen molar-refractivity contribution in [2.45, 2.75) is 31.8 Å². The van der Waals surface area contributed by atoms with Gasteiger partial charge in [-0.1, -0.05) is 11.6 Å². The number of hydrogen-bond acceptors (Lipinski definition) is 8. The third kappa shape index (κ3) is 5.54. The van der Waals surface area contributed by atoms with Crippen LogP contribution in [0.4, 0.5) is 4.79 Å². The van der Waals surface area contributed by atoms with Crippen molar-refractivity contribution in [3.8, 4) is 33.8 Å². The van der Waals surface area contributed by atoms with E-state index in [4.69, 9.17) is 21.1 Å². The molecular formula is C29H27ClN8O4. The van der Waals surface area contributed by atoms with E-state index in [1.165, 1.54) is 6.33 Å². The first-order valence-corrected chi connectivity index (χ1v) is 13.7. The Morgan fingerprint density at radius 2 is 2.00 bits per heavy atom. The van der Waals surface area contributed by atoms with Gasteiger partial charge in [-0.05, 0) is 89.8 Å². The predicted molar refractivity (Wildman–Crippen MR) is 155 cm³/mol. The SMILES string of the molecule is COCC(C)NC(=O)Oc1ccc(-c2cnc([C@@H]3CCc4cc(-c5cc(Cl)ccc5-n5cnnn5)cc(=O)n43)[nH]2)cc1. The van der Waals surface area contributed by atoms with E-state index in [0.29, 0.717) is 29.6 Å². The van der Waals surface area contributed by atoms with Crippen molar-refractivity contribution >= 4 is 17.7 Å². The van der Waals surface area contributed by atoms with Gasteiger partial charge >= 0.3 is 6.09 Å². The minimum atomic E-state index is -0.549. The van der Waals surface area contributed by atoms with Gasteiger partial charge in [0.1, 0.15) is 17.9 Å². The van der Waals surface area contributed by atoms with Crippen LogP contribution >= 0.6 is 11.6 Å². The van der Waals surface area contributed by atoms with Crippen LogP contribution < -0.4 is 15.6 Å². The Bertz CT molecular complexity index is 1780. The molecule has 0 saturated carbocycles. The summed E-state index contributed by atoms with van der Waals surface area (Å²) in [6, 6.07) is 15.7. The number of nitrogens with one attached hydrogen (secondary N) is 2. The number of hydrogen-bond donors (Lipinski definition) is 2. The number of rotatable bonds is 8. The lowest BCUT2D eigenvalue weighted by Gasteiger charge is -2.15. The average molecular weight is 587 g/mol. The molecule has 12 nitrogen and oxygen atoms in total. The number of benzene rings is 2. The van der Waals surface area contributed by atoms with E-state index in [1.807, 2.05) is 31.2 Å². The first-order chi connectivity index (χ1) is 20.4. The summed E-state index contributed by atoms with van der Waals surface area (Å²) in [6.45, 7) is 2.22. The van der Waals surface area contributed by atoms with Gasteiger partial charge in [0.15, 0.2) is 0 Å². The first kappa shape index (κ1) is 27.4. The zero-order valence-electron chi connectivity index (χ0n) is 22.8. The van der Waals surface area contributed by atoms with Crippen LogP contribution in [0.15, 0.2) is 71.9 Å². The third-order valence-electron chi connectivity index (χ3n) is 7.07. The smallest absolute Gasteiger partial charge is 0.410 e. The number of imidazole rings is 1. The van der Waals surface area contributed by atoms with E-state index in [1.54, 1.807) is 52.9 Å². The van der Waals surface area contributed by atoms with E-state index in [0.717, 1.165) is 40.2 Å². The zero-order chi connectivity index (χ0) is 29.2. The number of carbonyl (C=O) groups excluding carboxylic acids is 1. The molecule has 2 aromatic carbocycles. The van der Waals surface area contributed by atoms with Crippen molar-refractivity contribution in [3.05, 3.63) is 94.0 Å². The molecule has 1 unspecified atom stereocenters. The third-order valence-corrected chi connectivity index (χ3v) is 7.30. The number of tetrazole rings is 1. The van der Waals surface area contributed by atoms with Crippen LogP contribution in [0.2, 0.25) is 5.02 Å². The van der Waals surface area contributed by atoms with Crippen molar-refractivity contribution in [2.75, 3.05) is 13.7 Å². The standard InChI is InChI=1S/C29H27ClN8O4/c1-17(15-41-2)33-29(40)42-22-7-3-18(4-8-22)24-14-31-28(34-24)26-10-6-21-11-19(12-27(39)38(21)26)23-13-20(30)5-9-25(23)37-16-32-35-36-37/h3-5,7-9,11-14,16-17,26H,6,10,15H2,1-2H3,(H,31,34)(H,33,40)/t17?,26-/m0/s1. The lowest BCUT2D eigenvalue weighted by molar-refractivity contribution is 0.159. The van der Waals surface area contributed by atoms with E-state index in [9.17, 15) is 9.59 Å². The topological polar surface area (TPSA) is 142 Å².